The lowest BCUT2D eigenvalue weighted by Gasteiger charge is -2.19. The third-order valence-corrected chi connectivity index (χ3v) is 5.02. The van der Waals surface area contributed by atoms with Crippen molar-refractivity contribution in [2.24, 2.45) is 0 Å². The molecule has 136 valence electrons. The van der Waals surface area contributed by atoms with E-state index in [1.54, 1.807) is 0 Å². The number of rotatable bonds is 7. The van der Waals surface area contributed by atoms with Crippen LogP contribution in [0.15, 0.2) is 95.0 Å². The van der Waals surface area contributed by atoms with Gasteiger partial charge in [0.05, 0.1) is 0 Å². The van der Waals surface area contributed by atoms with Crippen LogP contribution in [-0.4, -0.2) is 24.3 Å². The van der Waals surface area contributed by atoms with Crippen molar-refractivity contribution in [3.63, 3.8) is 0 Å². The molecule has 3 aromatic rings. The molecule has 0 radical (unpaired) electrons. The molecule has 0 heterocycles. The van der Waals surface area contributed by atoms with E-state index in [9.17, 15) is 4.79 Å². The van der Waals surface area contributed by atoms with Gasteiger partial charge in [0.15, 0.2) is 5.78 Å². The van der Waals surface area contributed by atoms with Crippen molar-refractivity contribution >= 4 is 27.8 Å². The van der Waals surface area contributed by atoms with Crippen molar-refractivity contribution in [2.75, 3.05) is 13.6 Å². The van der Waals surface area contributed by atoms with Crippen LogP contribution in [0.4, 0.5) is 0 Å². The number of benzene rings is 3. The summed E-state index contributed by atoms with van der Waals surface area (Å²) in [6.45, 7) is 1.36. The standard InChI is InChI=1S/C24H22BrNO/c1-26(17-19-10-4-2-5-11-19)18-22(16-21-14-8-9-15-23(21)25)24(27)20-12-6-3-7-13-20/h2-16H,17-18H2,1H3/b22-16+. The van der Waals surface area contributed by atoms with Crippen LogP contribution in [0, 0.1) is 0 Å². The number of nitrogens with zero attached hydrogens (tertiary/aromatic N) is 1. The third-order valence-electron chi connectivity index (χ3n) is 4.30. The Kier molecular flexibility index (Phi) is 6.74. The molecule has 0 aromatic heterocycles. The summed E-state index contributed by atoms with van der Waals surface area (Å²) in [7, 11) is 2.04. The Morgan fingerprint density at radius 1 is 0.889 bits per heavy atom. The maximum atomic E-state index is 13.1. The van der Waals surface area contributed by atoms with E-state index < -0.39 is 0 Å². The van der Waals surface area contributed by atoms with E-state index in [4.69, 9.17) is 0 Å². The van der Waals surface area contributed by atoms with Gasteiger partial charge >= 0.3 is 0 Å². The highest BCUT2D eigenvalue weighted by Crippen LogP contribution is 2.21. The molecule has 0 aliphatic carbocycles. The number of carbonyl (C=O) groups excluding carboxylic acids is 1. The lowest BCUT2D eigenvalue weighted by molar-refractivity contribution is 0.102. The number of halogens is 1. The summed E-state index contributed by atoms with van der Waals surface area (Å²) in [5.41, 5.74) is 3.72. The number of hydrogen-bond acceptors (Lipinski definition) is 2. The zero-order valence-corrected chi connectivity index (χ0v) is 16.9. The summed E-state index contributed by atoms with van der Waals surface area (Å²) in [6, 6.07) is 27.7. The number of likely N-dealkylation sites (N-methyl/N-ethyl adjacent to an activating group) is 1. The average Bonchev–Trinajstić information content (AvgIpc) is 2.70. The molecule has 0 unspecified atom stereocenters. The number of carbonyl (C=O) groups is 1. The molecule has 0 fully saturated rings. The molecule has 0 bridgehead atoms. The quantitative estimate of drug-likeness (QED) is 0.353. The molecule has 0 aliphatic rings. The topological polar surface area (TPSA) is 20.3 Å². The second kappa shape index (κ2) is 9.45. The molecule has 3 aromatic carbocycles. The summed E-state index contributed by atoms with van der Waals surface area (Å²) in [6.07, 6.45) is 1.99. The van der Waals surface area contributed by atoms with E-state index in [2.05, 4.69) is 33.0 Å². The highest BCUT2D eigenvalue weighted by Gasteiger charge is 2.15. The van der Waals surface area contributed by atoms with Crippen LogP contribution in [0.1, 0.15) is 21.5 Å². The Morgan fingerprint density at radius 3 is 2.15 bits per heavy atom. The third kappa shape index (κ3) is 5.49. The van der Waals surface area contributed by atoms with Gasteiger partial charge in [0, 0.05) is 28.7 Å². The van der Waals surface area contributed by atoms with Crippen LogP contribution >= 0.6 is 15.9 Å². The van der Waals surface area contributed by atoms with Gasteiger partial charge in [-0.2, -0.15) is 0 Å². The Balaban J connectivity index is 1.88. The van der Waals surface area contributed by atoms with Crippen molar-refractivity contribution in [3.05, 3.63) is 112 Å². The zero-order valence-electron chi connectivity index (χ0n) is 15.3. The number of hydrogen-bond donors (Lipinski definition) is 0. The molecule has 0 amide bonds. The first-order chi connectivity index (χ1) is 13.1. The largest absolute Gasteiger partial charge is 0.298 e. The molecule has 2 nitrogen and oxygen atoms in total. The molecule has 0 saturated carbocycles. The monoisotopic (exact) mass is 419 g/mol. The minimum absolute atomic E-state index is 0.0614. The molecule has 3 heteroatoms. The van der Waals surface area contributed by atoms with Crippen LogP contribution < -0.4 is 0 Å². The molecular formula is C24H22BrNO. The smallest absolute Gasteiger partial charge is 0.190 e. The molecule has 0 atom stereocenters. The van der Waals surface area contributed by atoms with Gasteiger partial charge in [0.2, 0.25) is 0 Å². The summed E-state index contributed by atoms with van der Waals surface area (Å²) < 4.78 is 0.981. The fourth-order valence-corrected chi connectivity index (χ4v) is 3.38. The SMILES string of the molecule is CN(C/C(=C\c1ccccc1Br)C(=O)c1ccccc1)Cc1ccccc1. The second-order valence-corrected chi connectivity index (χ2v) is 7.40. The van der Waals surface area contributed by atoms with Crippen LogP contribution in [0.25, 0.3) is 6.08 Å². The normalized spacial score (nSPS) is 11.6. The minimum atomic E-state index is 0.0614. The Hall–Kier alpha value is -2.49. The fraction of sp³-hybridized carbons (Fsp3) is 0.125. The lowest BCUT2D eigenvalue weighted by Crippen LogP contribution is -2.24. The Bertz CT molecular complexity index is 919. The predicted octanol–water partition coefficient (Wildman–Crippen LogP) is 5.85. The van der Waals surface area contributed by atoms with Gasteiger partial charge in [0.25, 0.3) is 0 Å². The van der Waals surface area contributed by atoms with Crippen molar-refractivity contribution in [2.45, 2.75) is 6.54 Å². The average molecular weight is 420 g/mol. The van der Waals surface area contributed by atoms with E-state index >= 15 is 0 Å². The first-order valence-corrected chi connectivity index (χ1v) is 9.70. The van der Waals surface area contributed by atoms with E-state index in [1.165, 1.54) is 5.56 Å². The van der Waals surface area contributed by atoms with Gasteiger partial charge in [-0.15, -0.1) is 0 Å². The Morgan fingerprint density at radius 2 is 1.48 bits per heavy atom. The van der Waals surface area contributed by atoms with Gasteiger partial charge in [0.1, 0.15) is 0 Å². The lowest BCUT2D eigenvalue weighted by atomic mass is 10.0. The summed E-state index contributed by atoms with van der Waals surface area (Å²) in [4.78, 5) is 15.3. The molecule has 0 aliphatic heterocycles. The Labute approximate surface area is 169 Å². The van der Waals surface area contributed by atoms with E-state index in [0.29, 0.717) is 12.1 Å². The molecule has 3 rings (SSSR count). The van der Waals surface area contributed by atoms with Gasteiger partial charge in [-0.25, -0.2) is 0 Å². The maximum absolute atomic E-state index is 13.1. The highest BCUT2D eigenvalue weighted by atomic mass is 79.9. The molecule has 0 N–H and O–H groups in total. The summed E-state index contributed by atoms with van der Waals surface area (Å²) in [5, 5.41) is 0. The van der Waals surface area contributed by atoms with Crippen molar-refractivity contribution < 1.29 is 4.79 Å². The number of Topliss-reactive ketones (excluding diaryl/α,β-unsaturated/α-hetero) is 1. The minimum Gasteiger partial charge on any atom is -0.298 e. The van der Waals surface area contributed by atoms with Gasteiger partial charge in [-0.3, -0.25) is 9.69 Å². The van der Waals surface area contributed by atoms with Crippen molar-refractivity contribution in [1.82, 2.24) is 4.90 Å². The van der Waals surface area contributed by atoms with Crippen molar-refractivity contribution in [1.29, 1.82) is 0 Å². The maximum Gasteiger partial charge on any atom is 0.190 e. The summed E-state index contributed by atoms with van der Waals surface area (Å²) >= 11 is 3.58. The van der Waals surface area contributed by atoms with Crippen LogP contribution in [0.5, 0.6) is 0 Å². The molecule has 27 heavy (non-hydrogen) atoms. The zero-order chi connectivity index (χ0) is 19.1. The highest BCUT2D eigenvalue weighted by molar-refractivity contribution is 9.10. The van der Waals surface area contributed by atoms with Gasteiger partial charge < -0.3 is 0 Å². The van der Waals surface area contributed by atoms with Crippen LogP contribution in [-0.2, 0) is 6.54 Å². The first-order valence-electron chi connectivity index (χ1n) is 8.91. The van der Waals surface area contributed by atoms with Crippen LogP contribution in [0.3, 0.4) is 0 Å². The predicted molar refractivity (Wildman–Crippen MR) is 116 cm³/mol. The molecule has 0 spiro atoms. The van der Waals surface area contributed by atoms with Gasteiger partial charge in [-0.05, 0) is 30.3 Å². The number of ketones is 1. The first kappa shape index (κ1) is 19.3. The second-order valence-electron chi connectivity index (χ2n) is 6.54. The van der Waals surface area contributed by atoms with E-state index in [0.717, 1.165) is 22.2 Å². The van der Waals surface area contributed by atoms with E-state index in [1.807, 2.05) is 85.9 Å². The molecule has 0 saturated heterocycles. The van der Waals surface area contributed by atoms with Gasteiger partial charge in [-0.1, -0.05) is 94.8 Å². The van der Waals surface area contributed by atoms with E-state index in [-0.39, 0.29) is 5.78 Å². The molecular weight excluding hydrogens is 398 g/mol. The summed E-state index contributed by atoms with van der Waals surface area (Å²) in [5.74, 6) is 0.0614. The fourth-order valence-electron chi connectivity index (χ4n) is 2.98. The van der Waals surface area contributed by atoms with Crippen molar-refractivity contribution in [3.8, 4) is 0 Å². The van der Waals surface area contributed by atoms with Crippen LogP contribution in [0.2, 0.25) is 0 Å².